The summed E-state index contributed by atoms with van der Waals surface area (Å²) in [5, 5.41) is 1.03. The van der Waals surface area contributed by atoms with Gasteiger partial charge in [0.25, 0.3) is 0 Å². The molecule has 0 aliphatic carbocycles. The second-order valence-electron chi connectivity index (χ2n) is 5.14. The molecule has 3 rings (SSSR count). The van der Waals surface area contributed by atoms with E-state index in [0.29, 0.717) is 5.56 Å². The smallest absolute Gasteiger partial charge is 0.337 e. The van der Waals surface area contributed by atoms with E-state index in [2.05, 4.69) is 11.9 Å². The number of H-pyrrole nitrogens is 1. The monoisotopic (exact) mass is 259 g/mol. The number of rotatable bonds is 2. The molecule has 1 N–H and O–H groups in total. The summed E-state index contributed by atoms with van der Waals surface area (Å²) in [4.78, 5) is 14.9. The molecule has 0 spiro atoms. The van der Waals surface area contributed by atoms with E-state index in [0.717, 1.165) is 35.9 Å². The van der Waals surface area contributed by atoms with Gasteiger partial charge in [0, 0.05) is 29.3 Å². The van der Waals surface area contributed by atoms with E-state index < -0.39 is 0 Å². The lowest BCUT2D eigenvalue weighted by molar-refractivity contribution is 0.0180. The van der Waals surface area contributed by atoms with E-state index in [1.165, 1.54) is 7.11 Å². The Labute approximate surface area is 111 Å². The van der Waals surface area contributed by atoms with Crippen molar-refractivity contribution in [3.63, 3.8) is 0 Å². The van der Waals surface area contributed by atoms with Gasteiger partial charge in [-0.25, -0.2) is 4.79 Å². The molecule has 1 unspecified atom stereocenters. The molecular weight excluding hydrogens is 242 g/mol. The van der Waals surface area contributed by atoms with Crippen LogP contribution in [-0.4, -0.2) is 24.7 Å². The molecule has 0 bridgehead atoms. The van der Waals surface area contributed by atoms with Crippen LogP contribution >= 0.6 is 0 Å². The van der Waals surface area contributed by atoms with Crippen molar-refractivity contribution in [1.82, 2.24) is 4.98 Å². The fraction of sp³-hybridized carbons (Fsp3) is 0.400. The summed E-state index contributed by atoms with van der Waals surface area (Å²) in [6, 6.07) is 5.55. The molecule has 4 nitrogen and oxygen atoms in total. The van der Waals surface area contributed by atoms with Crippen LogP contribution in [0.15, 0.2) is 24.4 Å². The highest BCUT2D eigenvalue weighted by atomic mass is 16.5. The first-order valence-corrected chi connectivity index (χ1v) is 6.48. The van der Waals surface area contributed by atoms with Gasteiger partial charge in [-0.2, -0.15) is 0 Å². The van der Waals surface area contributed by atoms with Gasteiger partial charge < -0.3 is 14.5 Å². The minimum atomic E-state index is -0.313. The average molecular weight is 259 g/mol. The molecule has 1 atom stereocenters. The summed E-state index contributed by atoms with van der Waals surface area (Å²) in [6.45, 7) is 2.90. The van der Waals surface area contributed by atoms with Gasteiger partial charge in [0.15, 0.2) is 0 Å². The summed E-state index contributed by atoms with van der Waals surface area (Å²) < 4.78 is 10.7. The number of esters is 1. The third-order valence-corrected chi connectivity index (χ3v) is 3.89. The Morgan fingerprint density at radius 3 is 3.00 bits per heavy atom. The van der Waals surface area contributed by atoms with Crippen molar-refractivity contribution >= 4 is 16.9 Å². The summed E-state index contributed by atoms with van der Waals surface area (Å²) in [6.07, 6.45) is 4.05. The molecule has 1 aromatic carbocycles. The molecule has 1 aliphatic heterocycles. The van der Waals surface area contributed by atoms with Crippen molar-refractivity contribution in [1.29, 1.82) is 0 Å². The predicted molar refractivity (Wildman–Crippen MR) is 72.2 cm³/mol. The number of aromatic amines is 1. The number of hydrogen-bond donors (Lipinski definition) is 1. The zero-order chi connectivity index (χ0) is 13.5. The van der Waals surface area contributed by atoms with Crippen molar-refractivity contribution in [3.8, 4) is 0 Å². The van der Waals surface area contributed by atoms with E-state index >= 15 is 0 Å². The van der Waals surface area contributed by atoms with Gasteiger partial charge in [-0.15, -0.1) is 0 Å². The van der Waals surface area contributed by atoms with Gasteiger partial charge in [0.1, 0.15) is 0 Å². The fourth-order valence-corrected chi connectivity index (χ4v) is 2.79. The topological polar surface area (TPSA) is 51.3 Å². The Morgan fingerprint density at radius 2 is 2.32 bits per heavy atom. The Bertz CT molecular complexity index is 623. The zero-order valence-electron chi connectivity index (χ0n) is 11.2. The second-order valence-corrected chi connectivity index (χ2v) is 5.14. The SMILES string of the molecule is COC(=O)c1ccc2[nH]cc(C3(C)CCCO3)c2c1. The van der Waals surface area contributed by atoms with Crippen LogP contribution in [0, 0.1) is 0 Å². The Kier molecular flexibility index (Phi) is 2.82. The normalized spacial score (nSPS) is 22.8. The van der Waals surface area contributed by atoms with Crippen molar-refractivity contribution in [2.75, 3.05) is 13.7 Å². The van der Waals surface area contributed by atoms with Crippen LogP contribution in [0.5, 0.6) is 0 Å². The third-order valence-electron chi connectivity index (χ3n) is 3.89. The van der Waals surface area contributed by atoms with Crippen molar-refractivity contribution in [2.24, 2.45) is 0 Å². The molecule has 0 radical (unpaired) electrons. The van der Waals surface area contributed by atoms with Crippen molar-refractivity contribution < 1.29 is 14.3 Å². The van der Waals surface area contributed by atoms with Crippen molar-refractivity contribution in [2.45, 2.75) is 25.4 Å². The van der Waals surface area contributed by atoms with Crippen LogP contribution < -0.4 is 0 Å². The van der Waals surface area contributed by atoms with Crippen molar-refractivity contribution in [3.05, 3.63) is 35.5 Å². The highest BCUT2D eigenvalue weighted by molar-refractivity contribution is 5.95. The first kappa shape index (κ1) is 12.2. The molecule has 2 heterocycles. The Morgan fingerprint density at radius 1 is 1.47 bits per heavy atom. The Hall–Kier alpha value is -1.81. The standard InChI is InChI=1S/C15H17NO3/c1-15(6-3-7-19-15)12-9-16-13-5-4-10(8-11(12)13)14(17)18-2/h4-5,8-9,16H,3,6-7H2,1-2H3. The van der Waals surface area contributed by atoms with Crippen LogP contribution in [-0.2, 0) is 15.1 Å². The highest BCUT2D eigenvalue weighted by Gasteiger charge is 2.34. The molecule has 0 amide bonds. The van der Waals surface area contributed by atoms with Gasteiger partial charge in [-0.1, -0.05) is 0 Å². The molecular formula is C15H17NO3. The highest BCUT2D eigenvalue weighted by Crippen LogP contribution is 2.39. The number of methoxy groups -OCH3 is 1. The van der Waals surface area contributed by atoms with E-state index in [4.69, 9.17) is 9.47 Å². The molecule has 1 fully saturated rings. The number of carbonyl (C=O) groups is 1. The maximum Gasteiger partial charge on any atom is 0.337 e. The van der Waals surface area contributed by atoms with Gasteiger partial charge in [0.2, 0.25) is 0 Å². The third kappa shape index (κ3) is 1.92. The molecule has 0 saturated carbocycles. The molecule has 19 heavy (non-hydrogen) atoms. The summed E-state index contributed by atoms with van der Waals surface area (Å²) in [5.74, 6) is -0.313. The number of carbonyl (C=O) groups excluding carboxylic acids is 1. The van der Waals surface area contributed by atoms with Crippen LogP contribution in [0.1, 0.15) is 35.7 Å². The second kappa shape index (κ2) is 4.38. The number of benzene rings is 1. The van der Waals surface area contributed by atoms with Gasteiger partial charge in [0.05, 0.1) is 18.3 Å². The number of ether oxygens (including phenoxy) is 2. The molecule has 1 aliphatic rings. The number of nitrogens with one attached hydrogen (secondary N) is 1. The zero-order valence-corrected chi connectivity index (χ0v) is 11.2. The summed E-state index contributed by atoms with van der Waals surface area (Å²) in [7, 11) is 1.39. The van der Waals surface area contributed by atoms with Crippen LogP contribution in [0.4, 0.5) is 0 Å². The number of hydrogen-bond acceptors (Lipinski definition) is 3. The minimum Gasteiger partial charge on any atom is -0.465 e. The van der Waals surface area contributed by atoms with Crippen LogP contribution in [0.25, 0.3) is 10.9 Å². The Balaban J connectivity index is 2.13. The molecule has 2 aromatic rings. The predicted octanol–water partition coefficient (Wildman–Crippen LogP) is 2.98. The summed E-state index contributed by atoms with van der Waals surface area (Å²) >= 11 is 0. The first-order valence-electron chi connectivity index (χ1n) is 6.48. The lowest BCUT2D eigenvalue weighted by Crippen LogP contribution is -2.19. The quantitative estimate of drug-likeness (QED) is 0.843. The van der Waals surface area contributed by atoms with Gasteiger partial charge in [-0.3, -0.25) is 0 Å². The van der Waals surface area contributed by atoms with E-state index in [1.54, 1.807) is 6.07 Å². The average Bonchev–Trinajstić information content (AvgIpc) is 3.04. The lowest BCUT2D eigenvalue weighted by atomic mass is 9.92. The van der Waals surface area contributed by atoms with Gasteiger partial charge >= 0.3 is 5.97 Å². The molecule has 100 valence electrons. The molecule has 1 aromatic heterocycles. The number of fused-ring (bicyclic) bond motifs is 1. The van der Waals surface area contributed by atoms with E-state index in [-0.39, 0.29) is 11.6 Å². The fourth-order valence-electron chi connectivity index (χ4n) is 2.79. The first-order chi connectivity index (χ1) is 9.14. The maximum absolute atomic E-state index is 11.6. The minimum absolute atomic E-state index is 0.257. The lowest BCUT2D eigenvalue weighted by Gasteiger charge is -2.22. The van der Waals surface area contributed by atoms with E-state index in [1.807, 2.05) is 18.3 Å². The summed E-state index contributed by atoms with van der Waals surface area (Å²) in [5.41, 5.74) is 2.44. The van der Waals surface area contributed by atoms with Crippen LogP contribution in [0.2, 0.25) is 0 Å². The molecule has 4 heteroatoms. The molecule has 1 saturated heterocycles. The maximum atomic E-state index is 11.6. The largest absolute Gasteiger partial charge is 0.465 e. The van der Waals surface area contributed by atoms with Gasteiger partial charge in [-0.05, 0) is 38.0 Å². The van der Waals surface area contributed by atoms with Crippen LogP contribution in [0.3, 0.4) is 0 Å². The number of aromatic nitrogens is 1. The van der Waals surface area contributed by atoms with E-state index in [9.17, 15) is 4.79 Å².